The maximum absolute atomic E-state index is 11.4. The van der Waals surface area contributed by atoms with Crippen molar-refractivity contribution < 1.29 is 14.6 Å². The molecule has 86 valence electrons. The molecular weight excluding hydrogens is 208 g/mol. The molecule has 0 amide bonds. The molecule has 1 aromatic rings. The van der Waals surface area contributed by atoms with E-state index in [2.05, 4.69) is 9.97 Å². The molecule has 0 bridgehead atoms. The number of carbonyl (C=O) groups is 1. The minimum Gasteiger partial charge on any atom is -0.481 e. The van der Waals surface area contributed by atoms with Gasteiger partial charge in [0.2, 0.25) is 0 Å². The second kappa shape index (κ2) is 4.57. The van der Waals surface area contributed by atoms with Crippen molar-refractivity contribution in [3.8, 4) is 0 Å². The number of hydrogen-bond donors (Lipinski definition) is 1. The van der Waals surface area contributed by atoms with Crippen LogP contribution in [0, 0.1) is 5.41 Å². The highest BCUT2D eigenvalue weighted by Gasteiger charge is 2.40. The van der Waals surface area contributed by atoms with Crippen LogP contribution in [0.5, 0.6) is 0 Å². The Balaban J connectivity index is 2.17. The Labute approximate surface area is 93.5 Å². The van der Waals surface area contributed by atoms with Gasteiger partial charge in [-0.3, -0.25) is 4.79 Å². The summed E-state index contributed by atoms with van der Waals surface area (Å²) in [4.78, 5) is 19.5. The van der Waals surface area contributed by atoms with Crippen LogP contribution in [0.3, 0.4) is 0 Å². The number of aromatic nitrogens is 2. The summed E-state index contributed by atoms with van der Waals surface area (Å²) in [6.45, 7) is 0.998. The molecule has 0 aromatic carbocycles. The highest BCUT2D eigenvalue weighted by atomic mass is 16.5. The molecule has 0 radical (unpaired) electrons. The molecule has 2 heterocycles. The van der Waals surface area contributed by atoms with Gasteiger partial charge < -0.3 is 9.84 Å². The third kappa shape index (κ3) is 2.19. The Hall–Kier alpha value is -1.49. The van der Waals surface area contributed by atoms with Crippen molar-refractivity contribution in [2.75, 3.05) is 13.2 Å². The summed E-state index contributed by atoms with van der Waals surface area (Å²) < 4.78 is 5.21. The number of nitrogens with zero attached hydrogens (tertiary/aromatic N) is 2. The quantitative estimate of drug-likeness (QED) is 0.822. The van der Waals surface area contributed by atoms with Crippen molar-refractivity contribution in [2.24, 2.45) is 5.41 Å². The van der Waals surface area contributed by atoms with Gasteiger partial charge in [0.25, 0.3) is 0 Å². The maximum atomic E-state index is 11.4. The molecule has 0 atom stereocenters. The molecule has 16 heavy (non-hydrogen) atoms. The molecule has 1 aliphatic heterocycles. The lowest BCUT2D eigenvalue weighted by molar-refractivity contribution is -0.154. The maximum Gasteiger partial charge on any atom is 0.310 e. The number of hydrogen-bond acceptors (Lipinski definition) is 4. The topological polar surface area (TPSA) is 72.3 Å². The molecular formula is C11H14N2O3. The number of aliphatic carboxylic acids is 1. The van der Waals surface area contributed by atoms with Crippen molar-refractivity contribution >= 4 is 5.97 Å². The van der Waals surface area contributed by atoms with E-state index in [-0.39, 0.29) is 0 Å². The van der Waals surface area contributed by atoms with Crippen LogP contribution < -0.4 is 0 Å². The molecule has 2 rings (SSSR count). The summed E-state index contributed by atoms with van der Waals surface area (Å²) in [7, 11) is 0. The van der Waals surface area contributed by atoms with Crippen LogP contribution in [0.15, 0.2) is 18.5 Å². The third-order valence-corrected chi connectivity index (χ3v) is 3.02. The SMILES string of the molecule is O=C(O)C1(Cc2ncccn2)CCOCC1. The van der Waals surface area contributed by atoms with Gasteiger partial charge in [-0.15, -0.1) is 0 Å². The van der Waals surface area contributed by atoms with Gasteiger partial charge in [-0.05, 0) is 18.9 Å². The van der Waals surface area contributed by atoms with Crippen molar-refractivity contribution in [1.82, 2.24) is 9.97 Å². The Kier molecular flexibility index (Phi) is 3.14. The molecule has 0 spiro atoms. The first-order chi connectivity index (χ1) is 7.73. The first-order valence-electron chi connectivity index (χ1n) is 5.30. The molecule has 1 fully saturated rings. The van der Waals surface area contributed by atoms with E-state index in [1.54, 1.807) is 18.5 Å². The average Bonchev–Trinajstić information content (AvgIpc) is 2.31. The standard InChI is InChI=1S/C11H14N2O3/c14-10(15)11(2-6-16-7-3-11)8-9-12-4-1-5-13-9/h1,4-5H,2-3,6-8H2,(H,14,15). The summed E-state index contributed by atoms with van der Waals surface area (Å²) in [6.07, 6.45) is 4.71. The fraction of sp³-hybridized carbons (Fsp3) is 0.545. The molecule has 1 aliphatic rings. The van der Waals surface area contributed by atoms with E-state index in [4.69, 9.17) is 4.74 Å². The van der Waals surface area contributed by atoms with Crippen LogP contribution in [-0.2, 0) is 16.0 Å². The number of carboxylic acids is 1. The van der Waals surface area contributed by atoms with Crippen LogP contribution in [0.4, 0.5) is 0 Å². The fourth-order valence-corrected chi connectivity index (χ4v) is 1.95. The van der Waals surface area contributed by atoms with E-state index in [1.165, 1.54) is 0 Å². The van der Waals surface area contributed by atoms with Crippen molar-refractivity contribution in [3.05, 3.63) is 24.3 Å². The average molecular weight is 222 g/mol. The first kappa shape index (κ1) is 11.0. The lowest BCUT2D eigenvalue weighted by atomic mass is 9.77. The zero-order valence-electron chi connectivity index (χ0n) is 8.93. The zero-order valence-corrected chi connectivity index (χ0v) is 8.93. The third-order valence-electron chi connectivity index (χ3n) is 3.02. The summed E-state index contributed by atoms with van der Waals surface area (Å²) in [5.41, 5.74) is -0.750. The molecule has 5 nitrogen and oxygen atoms in total. The van der Waals surface area contributed by atoms with Gasteiger partial charge >= 0.3 is 5.97 Å². The van der Waals surface area contributed by atoms with Crippen LogP contribution in [0.25, 0.3) is 0 Å². The summed E-state index contributed by atoms with van der Waals surface area (Å²) >= 11 is 0. The number of ether oxygens (including phenoxy) is 1. The van der Waals surface area contributed by atoms with E-state index in [1.807, 2.05) is 0 Å². The molecule has 0 aliphatic carbocycles. The minimum absolute atomic E-state index is 0.381. The molecule has 1 saturated heterocycles. The Bertz CT molecular complexity index is 361. The molecule has 5 heteroatoms. The lowest BCUT2D eigenvalue weighted by Gasteiger charge is -2.32. The Morgan fingerprint density at radius 3 is 2.56 bits per heavy atom. The summed E-state index contributed by atoms with van der Waals surface area (Å²) in [5.74, 6) is -0.185. The van der Waals surface area contributed by atoms with Gasteiger partial charge in [-0.2, -0.15) is 0 Å². The van der Waals surface area contributed by atoms with E-state index < -0.39 is 11.4 Å². The minimum atomic E-state index is -0.775. The predicted molar refractivity (Wildman–Crippen MR) is 55.9 cm³/mol. The number of rotatable bonds is 3. The highest BCUT2D eigenvalue weighted by Crippen LogP contribution is 2.33. The van der Waals surface area contributed by atoms with E-state index in [0.717, 1.165) is 0 Å². The van der Waals surface area contributed by atoms with Crippen molar-refractivity contribution in [2.45, 2.75) is 19.3 Å². The zero-order chi connectivity index (χ0) is 11.4. The van der Waals surface area contributed by atoms with Gasteiger partial charge in [-0.25, -0.2) is 9.97 Å². The molecule has 1 aromatic heterocycles. The highest BCUT2D eigenvalue weighted by molar-refractivity contribution is 5.75. The molecule has 0 saturated carbocycles. The fourth-order valence-electron chi connectivity index (χ4n) is 1.95. The monoisotopic (exact) mass is 222 g/mol. The van der Waals surface area contributed by atoms with E-state index in [0.29, 0.717) is 38.3 Å². The van der Waals surface area contributed by atoms with Crippen LogP contribution in [0.1, 0.15) is 18.7 Å². The number of carboxylic acid groups (broad SMARTS) is 1. The normalized spacial score (nSPS) is 19.2. The first-order valence-corrected chi connectivity index (χ1v) is 5.30. The van der Waals surface area contributed by atoms with Gasteiger partial charge in [0.05, 0.1) is 5.41 Å². The van der Waals surface area contributed by atoms with Crippen LogP contribution in [0.2, 0.25) is 0 Å². The second-order valence-electron chi connectivity index (χ2n) is 4.04. The van der Waals surface area contributed by atoms with E-state index >= 15 is 0 Å². The molecule has 1 N–H and O–H groups in total. The van der Waals surface area contributed by atoms with Crippen molar-refractivity contribution in [3.63, 3.8) is 0 Å². The van der Waals surface area contributed by atoms with Crippen molar-refractivity contribution in [1.29, 1.82) is 0 Å². The van der Waals surface area contributed by atoms with Crippen LogP contribution >= 0.6 is 0 Å². The van der Waals surface area contributed by atoms with Gasteiger partial charge in [0.15, 0.2) is 0 Å². The van der Waals surface area contributed by atoms with Gasteiger partial charge in [0.1, 0.15) is 5.82 Å². The molecule has 0 unspecified atom stereocenters. The van der Waals surface area contributed by atoms with Crippen LogP contribution in [-0.4, -0.2) is 34.3 Å². The smallest absolute Gasteiger partial charge is 0.310 e. The van der Waals surface area contributed by atoms with Gasteiger partial charge in [-0.1, -0.05) is 0 Å². The largest absolute Gasteiger partial charge is 0.481 e. The van der Waals surface area contributed by atoms with E-state index in [9.17, 15) is 9.90 Å². The summed E-state index contributed by atoms with van der Waals surface area (Å²) in [5, 5.41) is 9.34. The Morgan fingerprint density at radius 1 is 1.38 bits per heavy atom. The second-order valence-corrected chi connectivity index (χ2v) is 4.04. The summed E-state index contributed by atoms with van der Waals surface area (Å²) in [6, 6.07) is 1.72. The van der Waals surface area contributed by atoms with Gasteiger partial charge in [0, 0.05) is 32.0 Å². The predicted octanol–water partition coefficient (Wildman–Crippen LogP) is 0.901. The lowest BCUT2D eigenvalue weighted by Crippen LogP contribution is -2.39. The Morgan fingerprint density at radius 2 is 2.00 bits per heavy atom.